The molecule has 0 aliphatic carbocycles. The van der Waals surface area contributed by atoms with Crippen LogP contribution in [0.3, 0.4) is 0 Å². The summed E-state index contributed by atoms with van der Waals surface area (Å²) in [6.07, 6.45) is 3.84. The van der Waals surface area contributed by atoms with E-state index in [1.54, 1.807) is 16.0 Å². The minimum Gasteiger partial charge on any atom is -0.316 e. The largest absolute Gasteiger partial charge is 0.316 e. The van der Waals surface area contributed by atoms with Crippen LogP contribution in [0, 0.1) is 0 Å². The van der Waals surface area contributed by atoms with Crippen molar-refractivity contribution in [2.24, 2.45) is 0 Å². The maximum absolute atomic E-state index is 13.0. The molecule has 4 heterocycles. The van der Waals surface area contributed by atoms with Gasteiger partial charge in [0.15, 0.2) is 0 Å². The van der Waals surface area contributed by atoms with E-state index in [9.17, 15) is 4.79 Å². The molecule has 0 radical (unpaired) electrons. The van der Waals surface area contributed by atoms with Crippen LogP contribution in [0.2, 0.25) is 4.34 Å². The van der Waals surface area contributed by atoms with Gasteiger partial charge in [-0.1, -0.05) is 18.5 Å². The van der Waals surface area contributed by atoms with E-state index >= 15 is 0 Å². The highest BCUT2D eigenvalue weighted by atomic mass is 35.5. The molecular weight excluding hydrogens is 398 g/mol. The van der Waals surface area contributed by atoms with E-state index < -0.39 is 0 Å². The van der Waals surface area contributed by atoms with E-state index in [-0.39, 0.29) is 11.3 Å². The van der Waals surface area contributed by atoms with E-state index in [0.717, 1.165) is 54.5 Å². The van der Waals surface area contributed by atoms with E-state index in [1.165, 1.54) is 16.2 Å². The Bertz CT molecular complexity index is 923. The molecule has 3 aromatic rings. The van der Waals surface area contributed by atoms with Gasteiger partial charge in [-0.05, 0) is 61.9 Å². The molecule has 1 fully saturated rings. The van der Waals surface area contributed by atoms with Gasteiger partial charge >= 0.3 is 0 Å². The average molecular weight is 420 g/mol. The van der Waals surface area contributed by atoms with Crippen LogP contribution in [-0.2, 0) is 18.3 Å². The molecule has 1 saturated heterocycles. The molecule has 1 aliphatic heterocycles. The molecule has 1 unspecified atom stereocenters. The molecule has 1 atom stereocenters. The van der Waals surface area contributed by atoms with Gasteiger partial charge in [-0.25, -0.2) is 4.68 Å². The van der Waals surface area contributed by atoms with Gasteiger partial charge in [0.2, 0.25) is 0 Å². The van der Waals surface area contributed by atoms with E-state index in [2.05, 4.69) is 24.4 Å². The van der Waals surface area contributed by atoms with Crippen molar-refractivity contribution in [3.63, 3.8) is 0 Å². The van der Waals surface area contributed by atoms with Crippen molar-refractivity contribution in [1.82, 2.24) is 15.1 Å². The third-order valence-electron chi connectivity index (χ3n) is 5.22. The molecule has 1 aliphatic rings. The summed E-state index contributed by atoms with van der Waals surface area (Å²) in [6, 6.07) is 7.98. The van der Waals surface area contributed by atoms with Crippen molar-refractivity contribution in [1.29, 1.82) is 0 Å². The first-order valence-electron chi connectivity index (χ1n) is 9.16. The van der Waals surface area contributed by atoms with Crippen molar-refractivity contribution in [2.45, 2.75) is 38.0 Å². The summed E-state index contributed by atoms with van der Waals surface area (Å²) >= 11 is 9.18. The fourth-order valence-corrected chi connectivity index (χ4v) is 5.31. The molecule has 0 aromatic carbocycles. The molecule has 3 aromatic heterocycles. The molecule has 4 rings (SSSR count). The first kappa shape index (κ1) is 18.9. The number of aryl methyl sites for hydroxylation is 2. The summed E-state index contributed by atoms with van der Waals surface area (Å²) in [5.41, 5.74) is 2.65. The van der Waals surface area contributed by atoms with Crippen molar-refractivity contribution < 1.29 is 4.79 Å². The number of carbonyl (C=O) groups is 1. The second-order valence-corrected chi connectivity index (χ2v) is 9.88. The first-order valence-corrected chi connectivity index (χ1v) is 11.3. The van der Waals surface area contributed by atoms with Crippen LogP contribution >= 0.6 is 34.3 Å². The molecule has 0 bridgehead atoms. The van der Waals surface area contributed by atoms with E-state index in [0.29, 0.717) is 5.56 Å². The Morgan fingerprint density at radius 2 is 2.26 bits per heavy atom. The van der Waals surface area contributed by atoms with Crippen molar-refractivity contribution in [3.05, 3.63) is 61.2 Å². The predicted molar refractivity (Wildman–Crippen MR) is 112 cm³/mol. The van der Waals surface area contributed by atoms with Gasteiger partial charge in [-0.15, -0.1) is 11.3 Å². The molecular formula is C20H22ClN3OS2. The standard InChI is InChI=1S/C20H22ClN3OS2/c1-20(8-2-9-22-13-20)17-11-15(3-4-16-5-6-18(21)27-16)24(23-17)19(25)14-7-10-26-12-14/h5-7,10-12,22H,2-4,8-9,13H2,1H3. The fraction of sp³-hybridized carbons (Fsp3) is 0.400. The maximum Gasteiger partial charge on any atom is 0.279 e. The number of thiophene rings is 2. The number of nitrogens with one attached hydrogen (secondary N) is 1. The quantitative estimate of drug-likeness (QED) is 0.647. The minimum absolute atomic E-state index is 0.0284. The number of carbonyl (C=O) groups excluding carboxylic acids is 1. The normalized spacial score (nSPS) is 20.1. The molecule has 1 N–H and O–H groups in total. The highest BCUT2D eigenvalue weighted by molar-refractivity contribution is 7.16. The van der Waals surface area contributed by atoms with Gasteiger partial charge in [0, 0.05) is 27.9 Å². The molecule has 142 valence electrons. The van der Waals surface area contributed by atoms with E-state index in [1.807, 2.05) is 22.9 Å². The van der Waals surface area contributed by atoms with Crippen molar-refractivity contribution >= 4 is 40.2 Å². The topological polar surface area (TPSA) is 46.9 Å². The number of piperidine rings is 1. The Morgan fingerprint density at radius 1 is 1.37 bits per heavy atom. The lowest BCUT2D eigenvalue weighted by Gasteiger charge is -2.32. The van der Waals surface area contributed by atoms with Crippen molar-refractivity contribution in [2.75, 3.05) is 13.1 Å². The smallest absolute Gasteiger partial charge is 0.279 e. The second-order valence-electron chi connectivity index (χ2n) is 7.30. The van der Waals surface area contributed by atoms with Crippen LogP contribution in [0.25, 0.3) is 0 Å². The summed E-state index contributed by atoms with van der Waals surface area (Å²) in [7, 11) is 0. The van der Waals surface area contributed by atoms with Crippen LogP contribution in [0.1, 0.15) is 46.4 Å². The highest BCUT2D eigenvalue weighted by Crippen LogP contribution is 2.31. The lowest BCUT2D eigenvalue weighted by atomic mass is 9.80. The van der Waals surface area contributed by atoms with Gasteiger partial charge in [0.05, 0.1) is 15.6 Å². The Kier molecular flexibility index (Phi) is 5.50. The molecule has 0 spiro atoms. The van der Waals surface area contributed by atoms with Crippen LogP contribution in [-0.4, -0.2) is 28.8 Å². The molecule has 4 nitrogen and oxygen atoms in total. The average Bonchev–Trinajstić information content (AvgIpc) is 3.41. The molecule has 27 heavy (non-hydrogen) atoms. The molecule has 0 saturated carbocycles. The number of rotatable bonds is 5. The number of aromatic nitrogens is 2. The molecule has 0 amide bonds. The Hall–Kier alpha value is -1.47. The second kappa shape index (κ2) is 7.87. The van der Waals surface area contributed by atoms with Gasteiger partial charge in [0.1, 0.15) is 0 Å². The minimum atomic E-state index is -0.0471. The fourth-order valence-electron chi connectivity index (χ4n) is 3.59. The third-order valence-corrected chi connectivity index (χ3v) is 7.19. The van der Waals surface area contributed by atoms with Gasteiger partial charge in [-0.2, -0.15) is 16.4 Å². The summed E-state index contributed by atoms with van der Waals surface area (Å²) in [4.78, 5) is 14.2. The Balaban J connectivity index is 1.65. The third kappa shape index (κ3) is 4.04. The summed E-state index contributed by atoms with van der Waals surface area (Å²) in [5.74, 6) is -0.0471. The number of nitrogens with zero attached hydrogens (tertiary/aromatic N) is 2. The monoisotopic (exact) mass is 419 g/mol. The lowest BCUT2D eigenvalue weighted by molar-refractivity contribution is 0.0940. The van der Waals surface area contributed by atoms with Crippen LogP contribution in [0.4, 0.5) is 0 Å². The zero-order chi connectivity index (χ0) is 18.9. The summed E-state index contributed by atoms with van der Waals surface area (Å²) < 4.78 is 2.42. The predicted octanol–water partition coefficient (Wildman–Crippen LogP) is 4.77. The van der Waals surface area contributed by atoms with Crippen LogP contribution in [0.15, 0.2) is 35.0 Å². The van der Waals surface area contributed by atoms with Crippen LogP contribution < -0.4 is 5.32 Å². The zero-order valence-electron chi connectivity index (χ0n) is 15.2. The van der Waals surface area contributed by atoms with E-state index in [4.69, 9.17) is 16.7 Å². The Morgan fingerprint density at radius 3 is 2.93 bits per heavy atom. The van der Waals surface area contributed by atoms with Crippen molar-refractivity contribution in [3.8, 4) is 0 Å². The van der Waals surface area contributed by atoms with Crippen LogP contribution in [0.5, 0.6) is 0 Å². The van der Waals surface area contributed by atoms with Gasteiger partial charge in [0.25, 0.3) is 5.91 Å². The maximum atomic E-state index is 13.0. The number of halogens is 1. The number of hydrogen-bond donors (Lipinski definition) is 1. The molecule has 7 heteroatoms. The SMILES string of the molecule is CC1(c2cc(CCc3ccc(Cl)s3)n(C(=O)c3ccsc3)n2)CCCNC1. The number of hydrogen-bond acceptors (Lipinski definition) is 5. The summed E-state index contributed by atoms with van der Waals surface area (Å²) in [5, 5.41) is 12.1. The van der Waals surface area contributed by atoms with Gasteiger partial charge < -0.3 is 5.32 Å². The first-order chi connectivity index (χ1) is 13.0. The van der Waals surface area contributed by atoms with Gasteiger partial charge in [-0.3, -0.25) is 4.79 Å². The lowest BCUT2D eigenvalue weighted by Crippen LogP contribution is -2.41. The summed E-state index contributed by atoms with van der Waals surface area (Å²) in [6.45, 7) is 4.19. The Labute approximate surface area is 172 Å². The highest BCUT2D eigenvalue weighted by Gasteiger charge is 2.33. The zero-order valence-corrected chi connectivity index (χ0v) is 17.6.